The third-order valence-corrected chi connectivity index (χ3v) is 3.60. The molecule has 0 heterocycles. The number of carbonyl (C=O) groups excluding carboxylic acids is 1. The fourth-order valence-corrected chi connectivity index (χ4v) is 2.55. The number of rotatable bonds is 6. The highest BCUT2D eigenvalue weighted by atomic mass is 16.6. The average Bonchev–Trinajstić information content (AvgIpc) is 2.79. The smallest absolute Gasteiger partial charge is 0.407 e. The van der Waals surface area contributed by atoms with Crippen molar-refractivity contribution in [2.75, 3.05) is 13.1 Å². The van der Waals surface area contributed by atoms with Gasteiger partial charge in [0.1, 0.15) is 5.60 Å². The number of hydrogen-bond donors (Lipinski definition) is 2. The lowest BCUT2D eigenvalue weighted by molar-refractivity contribution is 0.0527. The van der Waals surface area contributed by atoms with Crippen molar-refractivity contribution in [2.24, 2.45) is 5.92 Å². The standard InChI is InChI=1S/C15H30N2O2/c1-12(13-8-5-6-9-13)16-10-7-11-17-14(18)19-15(2,3)4/h12-13,16H,5-11H2,1-4H3,(H,17,18)/t12-/m0/s1. The molecule has 1 aliphatic carbocycles. The molecule has 112 valence electrons. The Morgan fingerprint density at radius 3 is 2.47 bits per heavy atom. The lowest BCUT2D eigenvalue weighted by atomic mass is 10.00. The first kappa shape index (κ1) is 16.3. The minimum absolute atomic E-state index is 0.323. The first-order valence-electron chi connectivity index (χ1n) is 7.59. The molecule has 0 aromatic carbocycles. The van der Waals surface area contributed by atoms with Crippen LogP contribution in [0.2, 0.25) is 0 Å². The van der Waals surface area contributed by atoms with Gasteiger partial charge < -0.3 is 15.4 Å². The Balaban J connectivity index is 2.00. The van der Waals surface area contributed by atoms with Crippen molar-refractivity contribution in [2.45, 2.75) is 71.4 Å². The second kappa shape index (κ2) is 7.73. The van der Waals surface area contributed by atoms with E-state index >= 15 is 0 Å². The highest BCUT2D eigenvalue weighted by Gasteiger charge is 2.20. The van der Waals surface area contributed by atoms with Crippen LogP contribution in [0.15, 0.2) is 0 Å². The van der Waals surface area contributed by atoms with Crippen LogP contribution in [0.5, 0.6) is 0 Å². The fourth-order valence-electron chi connectivity index (χ4n) is 2.55. The summed E-state index contributed by atoms with van der Waals surface area (Å²) in [6.07, 6.45) is 6.12. The van der Waals surface area contributed by atoms with E-state index in [2.05, 4.69) is 17.6 Å². The Labute approximate surface area is 117 Å². The van der Waals surface area contributed by atoms with Gasteiger partial charge in [-0.2, -0.15) is 0 Å². The Kier molecular flexibility index (Phi) is 6.63. The summed E-state index contributed by atoms with van der Waals surface area (Å²) in [5, 5.41) is 6.34. The number of nitrogens with one attached hydrogen (secondary N) is 2. The number of ether oxygens (including phenoxy) is 1. The highest BCUT2D eigenvalue weighted by molar-refractivity contribution is 5.67. The van der Waals surface area contributed by atoms with E-state index in [1.807, 2.05) is 20.8 Å². The van der Waals surface area contributed by atoms with Crippen LogP contribution < -0.4 is 10.6 Å². The second-order valence-corrected chi connectivity index (χ2v) is 6.57. The molecule has 0 aliphatic heterocycles. The van der Waals surface area contributed by atoms with Gasteiger partial charge in [0.15, 0.2) is 0 Å². The lowest BCUT2D eigenvalue weighted by Gasteiger charge is -2.21. The van der Waals surface area contributed by atoms with Crippen LogP contribution in [0, 0.1) is 5.92 Å². The SMILES string of the molecule is C[C@H](NCCCNC(=O)OC(C)(C)C)C1CCCC1. The largest absolute Gasteiger partial charge is 0.444 e. The van der Waals surface area contributed by atoms with Gasteiger partial charge in [0.05, 0.1) is 0 Å². The number of hydrogen-bond acceptors (Lipinski definition) is 3. The van der Waals surface area contributed by atoms with Gasteiger partial charge in [0.2, 0.25) is 0 Å². The summed E-state index contributed by atoms with van der Waals surface area (Å²) in [5.74, 6) is 0.846. The molecule has 0 radical (unpaired) electrons. The van der Waals surface area contributed by atoms with Crippen LogP contribution in [0.1, 0.15) is 59.8 Å². The molecule has 0 aromatic heterocycles. The molecule has 0 bridgehead atoms. The van der Waals surface area contributed by atoms with Gasteiger partial charge in [0, 0.05) is 12.6 Å². The molecule has 0 aromatic rings. The van der Waals surface area contributed by atoms with E-state index in [4.69, 9.17) is 4.74 Å². The Bertz CT molecular complexity index is 268. The number of alkyl carbamates (subject to hydrolysis) is 1. The van der Waals surface area contributed by atoms with Crippen LogP contribution in [0.4, 0.5) is 4.79 Å². The maximum absolute atomic E-state index is 11.4. The molecular formula is C15H30N2O2. The maximum atomic E-state index is 11.4. The van der Waals surface area contributed by atoms with Crippen molar-refractivity contribution < 1.29 is 9.53 Å². The maximum Gasteiger partial charge on any atom is 0.407 e. The highest BCUT2D eigenvalue weighted by Crippen LogP contribution is 2.27. The van der Waals surface area contributed by atoms with Gasteiger partial charge >= 0.3 is 6.09 Å². The minimum atomic E-state index is -0.417. The molecule has 1 fully saturated rings. The van der Waals surface area contributed by atoms with Gasteiger partial charge in [0.25, 0.3) is 0 Å². The van der Waals surface area contributed by atoms with Crippen LogP contribution in [0.3, 0.4) is 0 Å². The van der Waals surface area contributed by atoms with E-state index in [1.165, 1.54) is 25.7 Å². The van der Waals surface area contributed by atoms with Crippen LogP contribution in [-0.4, -0.2) is 30.8 Å². The average molecular weight is 270 g/mol. The molecule has 4 nitrogen and oxygen atoms in total. The van der Waals surface area contributed by atoms with E-state index in [0.29, 0.717) is 12.6 Å². The Hall–Kier alpha value is -0.770. The second-order valence-electron chi connectivity index (χ2n) is 6.57. The van der Waals surface area contributed by atoms with Crippen molar-refractivity contribution in [1.82, 2.24) is 10.6 Å². The summed E-state index contributed by atoms with van der Waals surface area (Å²) < 4.78 is 5.18. The normalized spacial score (nSPS) is 18.3. The van der Waals surface area contributed by atoms with E-state index in [0.717, 1.165) is 18.9 Å². The summed E-state index contributed by atoms with van der Waals surface area (Å²) in [5.41, 5.74) is -0.417. The Morgan fingerprint density at radius 1 is 1.26 bits per heavy atom. The third-order valence-electron chi connectivity index (χ3n) is 3.60. The van der Waals surface area contributed by atoms with Crippen molar-refractivity contribution in [1.29, 1.82) is 0 Å². The molecule has 4 heteroatoms. The number of carbonyl (C=O) groups is 1. The predicted octanol–water partition coefficient (Wildman–Crippen LogP) is 3.07. The zero-order valence-corrected chi connectivity index (χ0v) is 12.9. The zero-order valence-electron chi connectivity index (χ0n) is 12.9. The molecule has 1 atom stereocenters. The van der Waals surface area contributed by atoms with Crippen molar-refractivity contribution in [3.63, 3.8) is 0 Å². The summed E-state index contributed by atoms with van der Waals surface area (Å²) in [7, 11) is 0. The monoisotopic (exact) mass is 270 g/mol. The molecule has 1 rings (SSSR count). The molecule has 0 spiro atoms. The molecular weight excluding hydrogens is 240 g/mol. The van der Waals surface area contributed by atoms with Gasteiger partial charge in [-0.25, -0.2) is 4.79 Å². The van der Waals surface area contributed by atoms with Crippen molar-refractivity contribution in [3.05, 3.63) is 0 Å². The lowest BCUT2D eigenvalue weighted by Crippen LogP contribution is -2.36. The molecule has 0 unspecified atom stereocenters. The molecule has 0 saturated heterocycles. The van der Waals surface area contributed by atoms with Crippen LogP contribution >= 0.6 is 0 Å². The third kappa shape index (κ3) is 7.41. The first-order valence-corrected chi connectivity index (χ1v) is 7.59. The quantitative estimate of drug-likeness (QED) is 0.729. The van der Waals surface area contributed by atoms with E-state index in [9.17, 15) is 4.79 Å². The summed E-state index contributed by atoms with van der Waals surface area (Å²) in [4.78, 5) is 11.4. The van der Waals surface area contributed by atoms with Gasteiger partial charge in [-0.1, -0.05) is 12.8 Å². The van der Waals surface area contributed by atoms with Gasteiger partial charge in [-0.3, -0.25) is 0 Å². The van der Waals surface area contributed by atoms with Crippen molar-refractivity contribution in [3.8, 4) is 0 Å². The van der Waals surface area contributed by atoms with Crippen molar-refractivity contribution >= 4 is 6.09 Å². The predicted molar refractivity (Wildman–Crippen MR) is 78.3 cm³/mol. The van der Waals surface area contributed by atoms with Crippen LogP contribution in [-0.2, 0) is 4.74 Å². The van der Waals surface area contributed by atoms with Gasteiger partial charge in [-0.05, 0) is 59.4 Å². The first-order chi connectivity index (χ1) is 8.88. The zero-order chi connectivity index (χ0) is 14.3. The number of amides is 1. The molecule has 1 saturated carbocycles. The topological polar surface area (TPSA) is 50.4 Å². The van der Waals surface area contributed by atoms with Gasteiger partial charge in [-0.15, -0.1) is 0 Å². The summed E-state index contributed by atoms with van der Waals surface area (Å²) >= 11 is 0. The fraction of sp³-hybridized carbons (Fsp3) is 0.933. The summed E-state index contributed by atoms with van der Waals surface area (Å²) in [6.45, 7) is 9.51. The summed E-state index contributed by atoms with van der Waals surface area (Å²) in [6, 6.07) is 0.601. The molecule has 19 heavy (non-hydrogen) atoms. The van der Waals surface area contributed by atoms with E-state index in [1.54, 1.807) is 0 Å². The van der Waals surface area contributed by atoms with Crippen LogP contribution in [0.25, 0.3) is 0 Å². The molecule has 1 amide bonds. The Morgan fingerprint density at radius 2 is 1.89 bits per heavy atom. The minimum Gasteiger partial charge on any atom is -0.444 e. The molecule has 2 N–H and O–H groups in total. The van der Waals surface area contributed by atoms with E-state index < -0.39 is 5.60 Å². The van der Waals surface area contributed by atoms with E-state index in [-0.39, 0.29) is 6.09 Å². The molecule has 1 aliphatic rings.